The molecule has 3 aromatic rings. The Morgan fingerprint density at radius 1 is 1.04 bits per heavy atom. The van der Waals surface area contributed by atoms with E-state index in [1.54, 1.807) is 0 Å². The van der Waals surface area contributed by atoms with E-state index in [0.717, 1.165) is 47.0 Å². The van der Waals surface area contributed by atoms with E-state index in [4.69, 9.17) is 4.98 Å². The second-order valence-corrected chi connectivity index (χ2v) is 8.06. The summed E-state index contributed by atoms with van der Waals surface area (Å²) in [6.45, 7) is 4.20. The molecule has 3 rings (SSSR count). The minimum Gasteiger partial charge on any atom is -0.396 e. The number of hydrogen-bond acceptors (Lipinski definition) is 2. The van der Waals surface area contributed by atoms with Gasteiger partial charge in [0.05, 0.1) is 5.69 Å². The van der Waals surface area contributed by atoms with Crippen LogP contribution in [0, 0.1) is 13.8 Å². The summed E-state index contributed by atoms with van der Waals surface area (Å²) in [4.78, 5) is 4.74. The van der Waals surface area contributed by atoms with Crippen LogP contribution in [-0.2, 0) is 6.42 Å². The molecule has 2 heterocycles. The molecular weight excluding hydrogens is 488 g/mol. The van der Waals surface area contributed by atoms with Gasteiger partial charge in [0.2, 0.25) is 0 Å². The zero-order valence-corrected chi connectivity index (χ0v) is 17.5. The smallest absolute Gasteiger partial charge is 0.145 e. The Bertz CT molecular complexity index is 903. The van der Waals surface area contributed by atoms with Crippen LogP contribution in [0.4, 0.5) is 0 Å². The third kappa shape index (κ3) is 3.14. The number of halogens is 3. The second-order valence-electron chi connectivity index (χ2n) is 5.49. The number of hydrogen-bond donors (Lipinski definition) is 1. The van der Waals surface area contributed by atoms with Crippen molar-refractivity contribution in [3.8, 4) is 5.69 Å². The summed E-state index contributed by atoms with van der Waals surface area (Å²) < 4.78 is 5.06. The number of aromatic nitrogens is 2. The molecule has 0 amide bonds. The highest BCUT2D eigenvalue weighted by molar-refractivity contribution is 9.13. The average Bonchev–Trinajstić information content (AvgIpc) is 2.80. The van der Waals surface area contributed by atoms with Crippen LogP contribution < -0.4 is 0 Å². The maximum absolute atomic E-state index is 9.35. The van der Waals surface area contributed by atoms with Crippen LogP contribution in [0.5, 0.6) is 0 Å². The van der Waals surface area contributed by atoms with E-state index < -0.39 is 0 Å². The molecule has 23 heavy (non-hydrogen) atoms. The van der Waals surface area contributed by atoms with Gasteiger partial charge < -0.3 is 5.11 Å². The van der Waals surface area contributed by atoms with Crippen LogP contribution in [0.1, 0.15) is 16.8 Å². The Balaban J connectivity index is 2.34. The van der Waals surface area contributed by atoms with Gasteiger partial charge in [-0.05, 0) is 97.4 Å². The van der Waals surface area contributed by atoms with Crippen molar-refractivity contribution >= 4 is 58.8 Å². The molecule has 0 bridgehead atoms. The normalized spacial score (nSPS) is 11.4. The van der Waals surface area contributed by atoms with Gasteiger partial charge in [-0.25, -0.2) is 4.98 Å². The average molecular weight is 503 g/mol. The topological polar surface area (TPSA) is 38.0 Å². The third-order valence-electron chi connectivity index (χ3n) is 3.79. The van der Waals surface area contributed by atoms with Gasteiger partial charge in [0.15, 0.2) is 0 Å². The molecule has 3 nitrogen and oxygen atoms in total. The summed E-state index contributed by atoms with van der Waals surface area (Å²) >= 11 is 10.7. The van der Waals surface area contributed by atoms with Crippen molar-refractivity contribution in [1.29, 1.82) is 0 Å². The highest BCUT2D eigenvalue weighted by atomic mass is 79.9. The van der Waals surface area contributed by atoms with Crippen molar-refractivity contribution < 1.29 is 5.11 Å². The SMILES string of the molecule is Cc1cc(CCO)c2c(C)cn(-c3cc(Br)c(Br)cc3Br)c2n1. The van der Waals surface area contributed by atoms with E-state index in [2.05, 4.69) is 77.6 Å². The lowest BCUT2D eigenvalue weighted by Gasteiger charge is -2.11. The van der Waals surface area contributed by atoms with Crippen molar-refractivity contribution in [2.75, 3.05) is 6.61 Å². The lowest BCUT2D eigenvalue weighted by molar-refractivity contribution is 0.300. The Morgan fingerprint density at radius 2 is 1.74 bits per heavy atom. The molecule has 0 aliphatic heterocycles. The number of nitrogens with zero attached hydrogens (tertiary/aromatic N) is 2. The van der Waals surface area contributed by atoms with E-state index in [1.807, 2.05) is 13.0 Å². The molecule has 0 unspecified atom stereocenters. The standard InChI is InChI=1S/C17H15Br3N2O/c1-9-8-22(15-7-13(19)12(18)6-14(15)20)17-16(9)11(3-4-23)5-10(2)21-17/h5-8,23H,3-4H2,1-2H3. The second kappa shape index (κ2) is 6.67. The molecule has 0 radical (unpaired) electrons. The predicted molar refractivity (Wildman–Crippen MR) is 104 cm³/mol. The number of aliphatic hydroxyl groups excluding tert-OH is 1. The molecule has 1 aromatic carbocycles. The van der Waals surface area contributed by atoms with Gasteiger partial charge in [-0.1, -0.05) is 0 Å². The van der Waals surface area contributed by atoms with Gasteiger partial charge in [0, 0.05) is 37.3 Å². The third-order valence-corrected chi connectivity index (χ3v) is 6.27. The monoisotopic (exact) mass is 500 g/mol. The van der Waals surface area contributed by atoms with E-state index in [9.17, 15) is 5.11 Å². The number of fused-ring (bicyclic) bond motifs is 1. The summed E-state index contributed by atoms with van der Waals surface area (Å²) in [5, 5.41) is 10.5. The van der Waals surface area contributed by atoms with Crippen LogP contribution in [0.25, 0.3) is 16.7 Å². The van der Waals surface area contributed by atoms with Gasteiger partial charge in [0.1, 0.15) is 5.65 Å². The molecule has 0 atom stereocenters. The Labute approximate surface area is 160 Å². The highest BCUT2D eigenvalue weighted by Gasteiger charge is 2.16. The Hall–Kier alpha value is -0.690. The summed E-state index contributed by atoms with van der Waals surface area (Å²) in [7, 11) is 0. The van der Waals surface area contributed by atoms with Crippen molar-refractivity contribution in [3.63, 3.8) is 0 Å². The quantitative estimate of drug-likeness (QED) is 0.483. The summed E-state index contributed by atoms with van der Waals surface area (Å²) in [6, 6.07) is 6.14. The van der Waals surface area contributed by atoms with Gasteiger partial charge >= 0.3 is 0 Å². The van der Waals surface area contributed by atoms with E-state index >= 15 is 0 Å². The fraction of sp³-hybridized carbons (Fsp3) is 0.235. The van der Waals surface area contributed by atoms with Crippen molar-refractivity contribution in [2.24, 2.45) is 0 Å². The summed E-state index contributed by atoms with van der Waals surface area (Å²) in [5.74, 6) is 0. The van der Waals surface area contributed by atoms with Crippen LogP contribution in [0.2, 0.25) is 0 Å². The predicted octanol–water partition coefficient (Wildman–Crippen LogP) is 5.46. The van der Waals surface area contributed by atoms with Gasteiger partial charge in [0.25, 0.3) is 0 Å². The molecule has 0 spiro atoms. The number of rotatable bonds is 3. The first-order valence-electron chi connectivity index (χ1n) is 7.16. The van der Waals surface area contributed by atoms with Crippen molar-refractivity contribution in [1.82, 2.24) is 9.55 Å². The number of aliphatic hydroxyl groups is 1. The minimum absolute atomic E-state index is 0.136. The molecule has 0 aliphatic carbocycles. The zero-order valence-electron chi connectivity index (χ0n) is 12.7. The molecule has 0 saturated heterocycles. The zero-order chi connectivity index (χ0) is 16.7. The van der Waals surface area contributed by atoms with Crippen LogP contribution in [0.3, 0.4) is 0 Å². The minimum atomic E-state index is 0.136. The van der Waals surface area contributed by atoms with Gasteiger partial charge in [-0.2, -0.15) is 0 Å². The van der Waals surface area contributed by atoms with E-state index in [1.165, 1.54) is 0 Å². The van der Waals surface area contributed by atoms with Crippen molar-refractivity contribution in [2.45, 2.75) is 20.3 Å². The van der Waals surface area contributed by atoms with Gasteiger partial charge in [-0.15, -0.1) is 0 Å². The lowest BCUT2D eigenvalue weighted by atomic mass is 10.1. The largest absolute Gasteiger partial charge is 0.396 e. The number of aryl methyl sites for hydroxylation is 2. The van der Waals surface area contributed by atoms with Gasteiger partial charge in [-0.3, -0.25) is 4.57 Å². The first-order chi connectivity index (χ1) is 10.9. The first-order valence-corrected chi connectivity index (χ1v) is 9.54. The first kappa shape index (κ1) is 17.1. The molecule has 0 aliphatic rings. The molecule has 1 N–H and O–H groups in total. The summed E-state index contributed by atoms with van der Waals surface area (Å²) in [6.07, 6.45) is 2.73. The Morgan fingerprint density at radius 3 is 2.43 bits per heavy atom. The van der Waals surface area contributed by atoms with E-state index in [0.29, 0.717) is 6.42 Å². The number of benzene rings is 1. The maximum Gasteiger partial charge on any atom is 0.145 e. The lowest BCUT2D eigenvalue weighted by Crippen LogP contribution is -1.99. The molecular formula is C17H15Br3N2O. The van der Waals surface area contributed by atoms with Crippen LogP contribution in [0.15, 0.2) is 37.8 Å². The Kier molecular flexibility index (Phi) is 4.97. The molecule has 0 fully saturated rings. The molecule has 120 valence electrons. The fourth-order valence-corrected chi connectivity index (χ4v) is 4.36. The number of pyridine rings is 1. The fourth-order valence-electron chi connectivity index (χ4n) is 2.84. The van der Waals surface area contributed by atoms with Crippen LogP contribution >= 0.6 is 47.8 Å². The summed E-state index contributed by atoms with van der Waals surface area (Å²) in [5.41, 5.74) is 5.18. The highest BCUT2D eigenvalue weighted by Crippen LogP contribution is 2.35. The maximum atomic E-state index is 9.35. The molecule has 2 aromatic heterocycles. The van der Waals surface area contributed by atoms with E-state index in [-0.39, 0.29) is 6.61 Å². The molecule has 6 heteroatoms. The van der Waals surface area contributed by atoms with Crippen LogP contribution in [-0.4, -0.2) is 21.3 Å². The van der Waals surface area contributed by atoms with Crippen molar-refractivity contribution in [3.05, 3.63) is 54.6 Å². The molecule has 0 saturated carbocycles.